The molecule has 62 heavy (non-hydrogen) atoms. The quantitative estimate of drug-likeness (QED) is 0.0263. The summed E-state index contributed by atoms with van der Waals surface area (Å²) in [6.07, 6.45) is 64.4. The zero-order chi connectivity index (χ0) is 45.1. The van der Waals surface area contributed by atoms with Crippen LogP contribution in [0.2, 0.25) is 0 Å². The fourth-order valence-electron chi connectivity index (χ4n) is 6.82. The van der Waals surface area contributed by atoms with Gasteiger partial charge in [-0.15, -0.1) is 0 Å². The highest BCUT2D eigenvalue weighted by molar-refractivity contribution is 5.71. The Labute approximate surface area is 382 Å². The van der Waals surface area contributed by atoms with Crippen LogP contribution in [0.3, 0.4) is 0 Å². The van der Waals surface area contributed by atoms with Crippen molar-refractivity contribution in [3.63, 3.8) is 0 Å². The van der Waals surface area contributed by atoms with E-state index < -0.39 is 6.10 Å². The van der Waals surface area contributed by atoms with E-state index in [1.807, 2.05) is 0 Å². The van der Waals surface area contributed by atoms with E-state index in [2.05, 4.69) is 106 Å². The molecule has 0 saturated heterocycles. The van der Waals surface area contributed by atoms with Gasteiger partial charge in [-0.25, -0.2) is 0 Å². The van der Waals surface area contributed by atoms with Crippen LogP contribution in [0.25, 0.3) is 0 Å². The van der Waals surface area contributed by atoms with Gasteiger partial charge in [0.15, 0.2) is 6.10 Å². The van der Waals surface area contributed by atoms with Crippen molar-refractivity contribution < 1.29 is 28.6 Å². The van der Waals surface area contributed by atoms with Gasteiger partial charge in [-0.05, 0) is 109 Å². The third kappa shape index (κ3) is 47.6. The molecule has 0 amide bonds. The number of ether oxygens (including phenoxy) is 3. The van der Waals surface area contributed by atoms with Crippen LogP contribution in [0.5, 0.6) is 0 Å². The summed E-state index contributed by atoms with van der Waals surface area (Å²) in [5, 5.41) is 0. The highest BCUT2D eigenvalue weighted by Crippen LogP contribution is 2.14. The minimum Gasteiger partial charge on any atom is -0.462 e. The molecule has 6 heteroatoms. The van der Waals surface area contributed by atoms with E-state index in [1.54, 1.807) is 0 Å². The van der Waals surface area contributed by atoms with Gasteiger partial charge in [0.25, 0.3) is 0 Å². The molecule has 0 fully saturated rings. The summed E-state index contributed by atoms with van der Waals surface area (Å²) in [6.45, 7) is 6.33. The summed E-state index contributed by atoms with van der Waals surface area (Å²) in [7, 11) is 0. The number of unbranched alkanes of at least 4 members (excludes halogenated alkanes) is 20. The highest BCUT2D eigenvalue weighted by Gasteiger charge is 2.19. The lowest BCUT2D eigenvalue weighted by atomic mass is 10.1. The first-order valence-corrected chi connectivity index (χ1v) is 25.6. The van der Waals surface area contributed by atoms with Crippen molar-refractivity contribution >= 4 is 17.9 Å². The lowest BCUT2D eigenvalue weighted by Crippen LogP contribution is -2.30. The molecule has 1 atom stereocenters. The summed E-state index contributed by atoms with van der Waals surface area (Å²) < 4.78 is 16.7. The average molecular weight is 863 g/mol. The molecule has 0 rings (SSSR count). The fourth-order valence-corrected chi connectivity index (χ4v) is 6.82. The van der Waals surface area contributed by atoms with Crippen molar-refractivity contribution in [2.45, 2.75) is 239 Å². The van der Waals surface area contributed by atoms with Crippen LogP contribution in [-0.2, 0) is 28.6 Å². The van der Waals surface area contributed by atoms with Crippen LogP contribution in [-0.4, -0.2) is 37.2 Å². The zero-order valence-electron chi connectivity index (χ0n) is 40.4. The fraction of sp³-hybridized carbons (Fsp3) is 0.696. The molecular formula is C56H94O6. The number of rotatable bonds is 45. The normalized spacial score (nSPS) is 12.8. The smallest absolute Gasteiger partial charge is 0.306 e. The number of carbonyl (C=O) groups is 3. The molecule has 0 heterocycles. The van der Waals surface area contributed by atoms with Crippen LogP contribution in [0.15, 0.2) is 85.1 Å². The third-order valence-corrected chi connectivity index (χ3v) is 10.6. The van der Waals surface area contributed by atoms with E-state index in [4.69, 9.17) is 14.2 Å². The number of allylic oxidation sites excluding steroid dienone is 14. The first-order chi connectivity index (χ1) is 30.5. The Hall–Kier alpha value is -3.41. The first-order valence-electron chi connectivity index (χ1n) is 25.6. The second kappa shape index (κ2) is 50.2. The van der Waals surface area contributed by atoms with Crippen LogP contribution in [0.4, 0.5) is 0 Å². The standard InChI is InChI=1S/C56H94O6/c1-4-7-10-13-16-19-21-23-25-27-28-29-31-32-34-37-40-43-46-49-55(58)61-52-53(51-60-54(57)48-45-42-39-36-18-15-12-9-6-3)62-56(59)50-47-44-41-38-35-33-30-26-24-22-20-17-14-11-8-5-2/h8-9,11-12,17-18,20,24,26-28,33,35-36,53H,4-7,10,13-16,19,21-23,25,29-32,34,37-52H2,1-3H3/b11-8-,12-9-,20-17-,26-24-,28-27-,35-33-,36-18-. The maximum absolute atomic E-state index is 12.8. The summed E-state index contributed by atoms with van der Waals surface area (Å²) in [5.74, 6) is -0.979. The Bertz CT molecular complexity index is 1220. The largest absolute Gasteiger partial charge is 0.462 e. The van der Waals surface area contributed by atoms with Gasteiger partial charge in [0.2, 0.25) is 0 Å². The van der Waals surface area contributed by atoms with E-state index in [0.717, 1.165) is 103 Å². The van der Waals surface area contributed by atoms with Crippen LogP contribution in [0.1, 0.15) is 233 Å². The molecule has 0 radical (unpaired) electrons. The van der Waals surface area contributed by atoms with E-state index in [-0.39, 0.29) is 37.5 Å². The van der Waals surface area contributed by atoms with Crippen molar-refractivity contribution in [1.29, 1.82) is 0 Å². The zero-order valence-corrected chi connectivity index (χ0v) is 40.4. The molecular weight excluding hydrogens is 769 g/mol. The predicted molar refractivity (Wildman–Crippen MR) is 265 cm³/mol. The Kier molecular flexibility index (Phi) is 47.5. The first kappa shape index (κ1) is 58.6. The van der Waals surface area contributed by atoms with Crippen molar-refractivity contribution in [2.24, 2.45) is 0 Å². The molecule has 0 spiro atoms. The van der Waals surface area contributed by atoms with Crippen molar-refractivity contribution in [3.05, 3.63) is 85.1 Å². The SMILES string of the molecule is CC/C=C\C/C=C\C/C=C\C/C=C\CCCCCC(=O)OC(COC(=O)CCCC/C=C\C/C=C\CC)COC(=O)CCCCCCCCC/C=C\CCCCCCCCCC. The minimum atomic E-state index is -0.807. The summed E-state index contributed by atoms with van der Waals surface area (Å²) in [5.41, 5.74) is 0. The molecule has 0 aromatic carbocycles. The van der Waals surface area contributed by atoms with Gasteiger partial charge in [-0.1, -0.05) is 189 Å². The van der Waals surface area contributed by atoms with Crippen molar-refractivity contribution in [1.82, 2.24) is 0 Å². The maximum atomic E-state index is 12.8. The predicted octanol–water partition coefficient (Wildman–Crippen LogP) is 16.8. The van der Waals surface area contributed by atoms with Crippen LogP contribution < -0.4 is 0 Å². The highest BCUT2D eigenvalue weighted by atomic mass is 16.6. The molecule has 0 aromatic rings. The second-order valence-electron chi connectivity index (χ2n) is 16.7. The Balaban J connectivity index is 4.38. The summed E-state index contributed by atoms with van der Waals surface area (Å²) >= 11 is 0. The molecule has 1 unspecified atom stereocenters. The molecule has 354 valence electrons. The second-order valence-corrected chi connectivity index (χ2v) is 16.7. The molecule has 0 aliphatic carbocycles. The van der Waals surface area contributed by atoms with E-state index in [0.29, 0.717) is 12.8 Å². The van der Waals surface area contributed by atoms with Crippen LogP contribution in [0, 0.1) is 0 Å². The van der Waals surface area contributed by atoms with Crippen molar-refractivity contribution in [2.75, 3.05) is 13.2 Å². The van der Waals surface area contributed by atoms with Crippen molar-refractivity contribution in [3.8, 4) is 0 Å². The molecule has 0 aliphatic heterocycles. The van der Waals surface area contributed by atoms with Gasteiger partial charge < -0.3 is 14.2 Å². The molecule has 0 aromatic heterocycles. The molecule has 0 aliphatic rings. The van der Waals surface area contributed by atoms with Gasteiger partial charge in [-0.3, -0.25) is 14.4 Å². The number of hydrogen-bond acceptors (Lipinski definition) is 6. The topological polar surface area (TPSA) is 78.9 Å². The average Bonchev–Trinajstić information content (AvgIpc) is 3.27. The minimum absolute atomic E-state index is 0.103. The number of carbonyl (C=O) groups excluding carboxylic acids is 3. The number of esters is 3. The van der Waals surface area contributed by atoms with Gasteiger partial charge >= 0.3 is 17.9 Å². The lowest BCUT2D eigenvalue weighted by Gasteiger charge is -2.18. The monoisotopic (exact) mass is 863 g/mol. The molecule has 0 saturated carbocycles. The van der Waals surface area contributed by atoms with E-state index in [1.165, 1.54) is 89.9 Å². The lowest BCUT2D eigenvalue weighted by molar-refractivity contribution is -0.167. The Morgan fingerprint density at radius 1 is 0.339 bits per heavy atom. The maximum Gasteiger partial charge on any atom is 0.306 e. The summed E-state index contributed by atoms with van der Waals surface area (Å²) in [4.78, 5) is 37.9. The van der Waals surface area contributed by atoms with E-state index in [9.17, 15) is 14.4 Å². The van der Waals surface area contributed by atoms with Gasteiger partial charge in [0, 0.05) is 19.3 Å². The Morgan fingerprint density at radius 3 is 1.05 bits per heavy atom. The third-order valence-electron chi connectivity index (χ3n) is 10.6. The van der Waals surface area contributed by atoms with Gasteiger partial charge in [0.05, 0.1) is 0 Å². The van der Waals surface area contributed by atoms with E-state index >= 15 is 0 Å². The van der Waals surface area contributed by atoms with Crippen LogP contribution >= 0.6 is 0 Å². The van der Waals surface area contributed by atoms with Gasteiger partial charge in [-0.2, -0.15) is 0 Å². The molecule has 6 nitrogen and oxygen atoms in total. The number of hydrogen-bond donors (Lipinski definition) is 0. The summed E-state index contributed by atoms with van der Waals surface area (Å²) in [6, 6.07) is 0. The molecule has 0 N–H and O–H groups in total. The Morgan fingerprint density at radius 2 is 0.629 bits per heavy atom. The van der Waals surface area contributed by atoms with Gasteiger partial charge in [0.1, 0.15) is 13.2 Å². The molecule has 0 bridgehead atoms.